The molecule has 1 aliphatic rings. The average molecular weight is 315 g/mol. The van der Waals surface area contributed by atoms with E-state index < -0.39 is 9.84 Å². The molecular formula is C14H21NO5S. The second kappa shape index (κ2) is 6.53. The topological polar surface area (TPSA) is 73.9 Å². The molecule has 1 atom stereocenters. The van der Waals surface area contributed by atoms with Crippen LogP contribution >= 0.6 is 0 Å². The molecule has 1 aromatic rings. The predicted molar refractivity (Wildman–Crippen MR) is 80.0 cm³/mol. The van der Waals surface area contributed by atoms with Crippen LogP contribution in [0, 0.1) is 0 Å². The van der Waals surface area contributed by atoms with Gasteiger partial charge in [0.15, 0.2) is 21.3 Å². The summed E-state index contributed by atoms with van der Waals surface area (Å²) in [7, 11) is 1.82. The van der Waals surface area contributed by atoms with Crippen LogP contribution in [0.15, 0.2) is 12.1 Å². The average Bonchev–Trinajstić information content (AvgIpc) is 2.83. The van der Waals surface area contributed by atoms with Gasteiger partial charge in [-0.2, -0.15) is 0 Å². The maximum Gasteiger partial charge on any atom is 0.203 e. The first-order chi connectivity index (χ1) is 10.0. The van der Waals surface area contributed by atoms with E-state index in [1.165, 1.54) is 0 Å². The zero-order chi connectivity index (χ0) is 15.5. The van der Waals surface area contributed by atoms with Gasteiger partial charge in [0.05, 0.1) is 32.8 Å². The van der Waals surface area contributed by atoms with Gasteiger partial charge in [-0.3, -0.25) is 0 Å². The molecule has 21 heavy (non-hydrogen) atoms. The number of nitrogens with one attached hydrogen (secondary N) is 1. The summed E-state index contributed by atoms with van der Waals surface area (Å²) in [4.78, 5) is 0. The first-order valence-corrected chi connectivity index (χ1v) is 8.54. The summed E-state index contributed by atoms with van der Waals surface area (Å²) in [5.74, 6) is 2.20. The molecule has 1 heterocycles. The lowest BCUT2D eigenvalue weighted by Gasteiger charge is -2.17. The Kier molecular flexibility index (Phi) is 4.95. The minimum Gasteiger partial charge on any atom is -0.493 e. The van der Waals surface area contributed by atoms with E-state index in [2.05, 4.69) is 5.32 Å². The van der Waals surface area contributed by atoms with Crippen molar-refractivity contribution in [3.8, 4) is 17.2 Å². The second-order valence-electron chi connectivity index (χ2n) is 4.97. The van der Waals surface area contributed by atoms with Crippen LogP contribution in [0.25, 0.3) is 0 Å². The zero-order valence-corrected chi connectivity index (χ0v) is 13.3. The lowest BCUT2D eigenvalue weighted by molar-refractivity contribution is 0.321. The standard InChI is InChI=1S/C14H21NO5S/c1-18-12-5-4-10(13(19-2)14(12)20-3)8-15-11-6-7-21(16,17)9-11/h4-5,11,15H,6-9H2,1-3H3. The van der Waals surface area contributed by atoms with Gasteiger partial charge in [0.1, 0.15) is 0 Å². The van der Waals surface area contributed by atoms with Gasteiger partial charge in [-0.1, -0.05) is 6.07 Å². The Morgan fingerprint density at radius 2 is 1.86 bits per heavy atom. The molecule has 1 aliphatic heterocycles. The quantitative estimate of drug-likeness (QED) is 0.844. The SMILES string of the molecule is COc1ccc(CNC2CCS(=O)(=O)C2)c(OC)c1OC. The fourth-order valence-corrected chi connectivity index (χ4v) is 4.22. The molecule has 7 heteroatoms. The summed E-state index contributed by atoms with van der Waals surface area (Å²) in [6, 6.07) is 3.69. The number of methoxy groups -OCH3 is 3. The molecule has 0 saturated carbocycles. The number of hydrogen-bond donors (Lipinski definition) is 1. The van der Waals surface area contributed by atoms with E-state index in [9.17, 15) is 8.42 Å². The molecule has 0 aromatic heterocycles. The monoisotopic (exact) mass is 315 g/mol. The largest absolute Gasteiger partial charge is 0.493 e. The van der Waals surface area contributed by atoms with E-state index >= 15 is 0 Å². The van der Waals surface area contributed by atoms with E-state index in [4.69, 9.17) is 14.2 Å². The van der Waals surface area contributed by atoms with Crippen molar-refractivity contribution < 1.29 is 22.6 Å². The van der Waals surface area contributed by atoms with Crippen molar-refractivity contribution in [3.63, 3.8) is 0 Å². The fraction of sp³-hybridized carbons (Fsp3) is 0.571. The van der Waals surface area contributed by atoms with Gasteiger partial charge < -0.3 is 19.5 Å². The van der Waals surface area contributed by atoms with Gasteiger partial charge in [-0.05, 0) is 12.5 Å². The molecule has 0 bridgehead atoms. The van der Waals surface area contributed by atoms with Gasteiger partial charge in [0.2, 0.25) is 5.75 Å². The zero-order valence-electron chi connectivity index (χ0n) is 12.5. The Hall–Kier alpha value is -1.47. The van der Waals surface area contributed by atoms with E-state index in [-0.39, 0.29) is 17.5 Å². The van der Waals surface area contributed by atoms with Crippen molar-refractivity contribution in [2.45, 2.75) is 19.0 Å². The maximum absolute atomic E-state index is 11.5. The summed E-state index contributed by atoms with van der Waals surface area (Å²) >= 11 is 0. The Bertz CT molecular complexity index is 600. The number of ether oxygens (including phenoxy) is 3. The van der Waals surface area contributed by atoms with Crippen LogP contribution in [0.5, 0.6) is 17.2 Å². The number of rotatable bonds is 6. The highest BCUT2D eigenvalue weighted by Gasteiger charge is 2.27. The molecule has 6 nitrogen and oxygen atoms in total. The lowest BCUT2D eigenvalue weighted by Crippen LogP contribution is -2.29. The van der Waals surface area contributed by atoms with Crippen LogP contribution in [-0.2, 0) is 16.4 Å². The van der Waals surface area contributed by atoms with Gasteiger partial charge in [-0.15, -0.1) is 0 Å². The highest BCUT2D eigenvalue weighted by atomic mass is 32.2. The van der Waals surface area contributed by atoms with Crippen LogP contribution in [0.3, 0.4) is 0 Å². The summed E-state index contributed by atoms with van der Waals surface area (Å²) in [6.45, 7) is 0.518. The third-order valence-electron chi connectivity index (χ3n) is 3.60. The van der Waals surface area contributed by atoms with Gasteiger partial charge >= 0.3 is 0 Å². The van der Waals surface area contributed by atoms with E-state index in [1.54, 1.807) is 21.3 Å². The molecule has 0 aliphatic carbocycles. The molecule has 118 valence electrons. The van der Waals surface area contributed by atoms with Crippen molar-refractivity contribution in [2.75, 3.05) is 32.8 Å². The molecule has 0 spiro atoms. The molecule has 1 N–H and O–H groups in total. The Balaban J connectivity index is 2.13. The highest BCUT2D eigenvalue weighted by Crippen LogP contribution is 2.39. The normalized spacial score (nSPS) is 20.2. The third kappa shape index (κ3) is 3.59. The molecular weight excluding hydrogens is 294 g/mol. The van der Waals surface area contributed by atoms with E-state index in [0.29, 0.717) is 30.2 Å². The number of sulfone groups is 1. The lowest BCUT2D eigenvalue weighted by atomic mass is 10.1. The number of benzene rings is 1. The van der Waals surface area contributed by atoms with Crippen molar-refractivity contribution in [3.05, 3.63) is 17.7 Å². The predicted octanol–water partition coefficient (Wildman–Crippen LogP) is 0.989. The van der Waals surface area contributed by atoms with Crippen molar-refractivity contribution in [1.82, 2.24) is 5.32 Å². The number of hydrogen-bond acceptors (Lipinski definition) is 6. The van der Waals surface area contributed by atoms with Crippen molar-refractivity contribution >= 4 is 9.84 Å². The second-order valence-corrected chi connectivity index (χ2v) is 7.20. The molecule has 1 aromatic carbocycles. The van der Waals surface area contributed by atoms with E-state index in [1.807, 2.05) is 12.1 Å². The molecule has 0 amide bonds. The Morgan fingerprint density at radius 3 is 2.38 bits per heavy atom. The summed E-state index contributed by atoms with van der Waals surface area (Å²) in [5.41, 5.74) is 0.902. The first-order valence-electron chi connectivity index (χ1n) is 6.72. The minimum atomic E-state index is -2.88. The van der Waals surface area contributed by atoms with Crippen LogP contribution in [0.2, 0.25) is 0 Å². The first kappa shape index (κ1) is 15.9. The van der Waals surface area contributed by atoms with Crippen molar-refractivity contribution in [2.24, 2.45) is 0 Å². The summed E-state index contributed by atoms with van der Waals surface area (Å²) < 4.78 is 38.9. The Morgan fingerprint density at radius 1 is 1.14 bits per heavy atom. The van der Waals surface area contributed by atoms with Crippen LogP contribution in [0.4, 0.5) is 0 Å². The molecule has 1 unspecified atom stereocenters. The van der Waals surface area contributed by atoms with Gasteiger partial charge in [0, 0.05) is 18.2 Å². The van der Waals surface area contributed by atoms with Crippen molar-refractivity contribution in [1.29, 1.82) is 0 Å². The highest BCUT2D eigenvalue weighted by molar-refractivity contribution is 7.91. The summed E-state index contributed by atoms with van der Waals surface area (Å²) in [5, 5.41) is 3.26. The van der Waals surface area contributed by atoms with Gasteiger partial charge in [-0.25, -0.2) is 8.42 Å². The molecule has 1 saturated heterocycles. The summed E-state index contributed by atoms with van der Waals surface area (Å²) in [6.07, 6.45) is 0.651. The maximum atomic E-state index is 11.5. The molecule has 0 radical (unpaired) electrons. The Labute approximate surface area is 125 Å². The van der Waals surface area contributed by atoms with Crippen LogP contribution in [-0.4, -0.2) is 47.3 Å². The third-order valence-corrected chi connectivity index (χ3v) is 5.37. The smallest absolute Gasteiger partial charge is 0.203 e. The minimum absolute atomic E-state index is 0.00666. The van der Waals surface area contributed by atoms with E-state index in [0.717, 1.165) is 5.56 Å². The van der Waals surface area contributed by atoms with Gasteiger partial charge in [0.25, 0.3) is 0 Å². The molecule has 1 fully saturated rings. The van der Waals surface area contributed by atoms with Crippen LogP contribution < -0.4 is 19.5 Å². The molecule has 2 rings (SSSR count). The van der Waals surface area contributed by atoms with Crippen LogP contribution in [0.1, 0.15) is 12.0 Å². The fourth-order valence-electron chi connectivity index (χ4n) is 2.51.